The Balaban J connectivity index is 1.95. The van der Waals surface area contributed by atoms with Gasteiger partial charge in [0.1, 0.15) is 5.03 Å². The van der Waals surface area contributed by atoms with Gasteiger partial charge in [0.15, 0.2) is 5.75 Å². The molecule has 0 N–H and O–H groups in total. The summed E-state index contributed by atoms with van der Waals surface area (Å²) in [6.07, 6.45) is 6.36. The highest BCUT2D eigenvalue weighted by Gasteiger charge is 2.52. The molecular weight excluding hydrogens is 285 g/mol. The highest BCUT2D eigenvalue weighted by molar-refractivity contribution is 7.98. The molecule has 2 aliphatic rings. The maximum atomic E-state index is 6.15. The van der Waals surface area contributed by atoms with E-state index in [2.05, 4.69) is 32.7 Å². The van der Waals surface area contributed by atoms with Crippen molar-refractivity contribution in [2.75, 3.05) is 6.26 Å². The van der Waals surface area contributed by atoms with E-state index in [1.807, 2.05) is 12.3 Å². The van der Waals surface area contributed by atoms with Gasteiger partial charge in [-0.15, -0.1) is 11.8 Å². The van der Waals surface area contributed by atoms with Crippen molar-refractivity contribution in [2.24, 2.45) is 0 Å². The zero-order chi connectivity index (χ0) is 15.3. The highest BCUT2D eigenvalue weighted by Crippen LogP contribution is 2.38. The third-order valence-electron chi connectivity index (χ3n) is 4.41. The number of aromatic nitrogens is 1. The average Bonchev–Trinajstić information content (AvgIpc) is 3.17. The van der Waals surface area contributed by atoms with Crippen LogP contribution in [0.15, 0.2) is 17.3 Å². The third kappa shape index (κ3) is 2.81. The molecule has 0 atom stereocenters. The minimum absolute atomic E-state index is 0.321. The Morgan fingerprint density at radius 3 is 2.38 bits per heavy atom. The van der Waals surface area contributed by atoms with Gasteiger partial charge in [0.2, 0.25) is 0 Å². The van der Waals surface area contributed by atoms with Gasteiger partial charge < -0.3 is 14.0 Å². The van der Waals surface area contributed by atoms with Gasteiger partial charge in [-0.2, -0.15) is 0 Å². The smallest absolute Gasteiger partial charge is 0.488 e. The summed E-state index contributed by atoms with van der Waals surface area (Å²) >= 11 is 1.59. The van der Waals surface area contributed by atoms with Crippen molar-refractivity contribution in [2.45, 2.75) is 62.9 Å². The minimum atomic E-state index is -0.405. The van der Waals surface area contributed by atoms with Crippen molar-refractivity contribution in [1.29, 1.82) is 0 Å². The first-order valence-electron chi connectivity index (χ1n) is 7.39. The largest absolute Gasteiger partial charge is 0.498 e. The summed E-state index contributed by atoms with van der Waals surface area (Å²) in [6.45, 7) is 8.24. The predicted molar refractivity (Wildman–Crippen MR) is 85.4 cm³/mol. The Hall–Kier alpha value is -0.715. The summed E-state index contributed by atoms with van der Waals surface area (Å²) in [7, 11) is -0.405. The molecule has 0 unspecified atom stereocenters. The molecule has 1 aliphatic heterocycles. The molecule has 1 aromatic rings. The Labute approximate surface area is 131 Å². The lowest BCUT2D eigenvalue weighted by molar-refractivity contribution is 0.00578. The maximum Gasteiger partial charge on any atom is 0.498 e. The molecule has 0 bridgehead atoms. The van der Waals surface area contributed by atoms with Crippen LogP contribution in [0, 0.1) is 0 Å². The zero-order valence-electron chi connectivity index (χ0n) is 13.3. The molecule has 2 heterocycles. The second-order valence-electron chi connectivity index (χ2n) is 6.64. The normalized spacial score (nSPS) is 23.4. The van der Waals surface area contributed by atoms with Gasteiger partial charge in [0, 0.05) is 11.7 Å². The molecule has 0 amide bonds. The van der Waals surface area contributed by atoms with E-state index in [-0.39, 0.29) is 11.2 Å². The van der Waals surface area contributed by atoms with Crippen LogP contribution in [0.25, 0.3) is 0 Å². The molecule has 6 heteroatoms. The van der Waals surface area contributed by atoms with Crippen LogP contribution < -0.4 is 10.2 Å². The number of thioether (sulfide) groups is 1. The third-order valence-corrected chi connectivity index (χ3v) is 5.09. The van der Waals surface area contributed by atoms with Gasteiger partial charge >= 0.3 is 7.12 Å². The van der Waals surface area contributed by atoms with Crippen LogP contribution in [0.5, 0.6) is 5.75 Å². The summed E-state index contributed by atoms with van der Waals surface area (Å²) in [5.41, 5.74) is 0.245. The maximum absolute atomic E-state index is 6.15. The first-order chi connectivity index (χ1) is 9.84. The Morgan fingerprint density at radius 1 is 1.24 bits per heavy atom. The van der Waals surface area contributed by atoms with E-state index in [9.17, 15) is 0 Å². The molecule has 2 fully saturated rings. The summed E-state index contributed by atoms with van der Waals surface area (Å²) < 4.78 is 18.4. The van der Waals surface area contributed by atoms with E-state index in [0.717, 1.165) is 29.1 Å². The Kier molecular flexibility index (Phi) is 3.75. The van der Waals surface area contributed by atoms with Crippen LogP contribution in [0.2, 0.25) is 0 Å². The van der Waals surface area contributed by atoms with E-state index in [4.69, 9.17) is 14.0 Å². The molecule has 21 heavy (non-hydrogen) atoms. The molecule has 1 saturated heterocycles. The van der Waals surface area contributed by atoms with Crippen molar-refractivity contribution in [3.05, 3.63) is 12.3 Å². The predicted octanol–water partition coefficient (Wildman–Crippen LogP) is 2.64. The Bertz CT molecular complexity index is 530. The lowest BCUT2D eigenvalue weighted by Gasteiger charge is -2.32. The molecule has 1 saturated carbocycles. The fourth-order valence-electron chi connectivity index (χ4n) is 2.22. The van der Waals surface area contributed by atoms with Gasteiger partial charge in [-0.3, -0.25) is 0 Å². The molecule has 0 spiro atoms. The minimum Gasteiger partial charge on any atom is -0.488 e. The second-order valence-corrected chi connectivity index (χ2v) is 7.44. The number of nitrogens with zero attached hydrogens (tertiary/aromatic N) is 1. The molecule has 0 aromatic carbocycles. The van der Waals surface area contributed by atoms with Crippen LogP contribution >= 0.6 is 11.8 Å². The number of pyridine rings is 1. The highest BCUT2D eigenvalue weighted by atomic mass is 32.2. The van der Waals surface area contributed by atoms with E-state index in [1.54, 1.807) is 18.0 Å². The van der Waals surface area contributed by atoms with Gasteiger partial charge in [-0.25, -0.2) is 4.98 Å². The fraction of sp³-hybridized carbons (Fsp3) is 0.667. The summed E-state index contributed by atoms with van der Waals surface area (Å²) in [5.74, 6) is 0.825. The van der Waals surface area contributed by atoms with Crippen molar-refractivity contribution in [1.82, 2.24) is 4.98 Å². The van der Waals surface area contributed by atoms with Gasteiger partial charge in [-0.1, -0.05) is 0 Å². The molecule has 3 rings (SSSR count). The van der Waals surface area contributed by atoms with Gasteiger partial charge in [0.25, 0.3) is 0 Å². The van der Waals surface area contributed by atoms with Gasteiger partial charge in [-0.05, 0) is 52.9 Å². The number of hydrogen-bond donors (Lipinski definition) is 0. The topological polar surface area (TPSA) is 40.6 Å². The molecule has 1 aromatic heterocycles. The number of rotatable bonds is 4. The number of ether oxygens (including phenoxy) is 1. The number of hydrogen-bond acceptors (Lipinski definition) is 5. The lowest BCUT2D eigenvalue weighted by Crippen LogP contribution is -2.41. The summed E-state index contributed by atoms with van der Waals surface area (Å²) in [4.78, 5) is 4.41. The van der Waals surface area contributed by atoms with E-state index < -0.39 is 7.12 Å². The SMILES string of the molecule is CSc1nccc(B2OC(C)(C)C(C)(C)O2)c1OC1CC1. The van der Waals surface area contributed by atoms with Crippen LogP contribution in [0.3, 0.4) is 0 Å². The fourth-order valence-corrected chi connectivity index (χ4v) is 2.73. The average molecular weight is 307 g/mol. The van der Waals surface area contributed by atoms with E-state index in [0.29, 0.717) is 6.10 Å². The van der Waals surface area contributed by atoms with Crippen LogP contribution in [-0.4, -0.2) is 35.7 Å². The van der Waals surface area contributed by atoms with E-state index in [1.165, 1.54) is 0 Å². The second kappa shape index (κ2) is 5.18. The van der Waals surface area contributed by atoms with Crippen molar-refractivity contribution < 1.29 is 14.0 Å². The lowest BCUT2D eigenvalue weighted by atomic mass is 9.79. The quantitative estimate of drug-likeness (QED) is 0.632. The monoisotopic (exact) mass is 307 g/mol. The van der Waals surface area contributed by atoms with Crippen LogP contribution in [0.4, 0.5) is 0 Å². The first kappa shape index (κ1) is 15.2. The van der Waals surface area contributed by atoms with Crippen molar-refractivity contribution >= 4 is 24.3 Å². The summed E-state index contributed by atoms with van der Waals surface area (Å²) in [5, 5.41) is 0.897. The summed E-state index contributed by atoms with van der Waals surface area (Å²) in [6, 6.07) is 1.94. The molecule has 1 aliphatic carbocycles. The van der Waals surface area contributed by atoms with E-state index >= 15 is 0 Å². The standard InChI is InChI=1S/C15H22BNO3S/c1-14(2)15(3,4)20-16(19-14)11-8-9-17-13(21-5)12(11)18-10-6-7-10/h8-10H,6-7H2,1-5H3. The first-order valence-corrected chi connectivity index (χ1v) is 8.62. The van der Waals surface area contributed by atoms with Crippen molar-refractivity contribution in [3.63, 3.8) is 0 Å². The van der Waals surface area contributed by atoms with Crippen LogP contribution in [0.1, 0.15) is 40.5 Å². The zero-order valence-corrected chi connectivity index (χ0v) is 14.1. The molecule has 4 nitrogen and oxygen atoms in total. The molecular formula is C15H22BNO3S. The molecule has 0 radical (unpaired) electrons. The Morgan fingerprint density at radius 2 is 1.86 bits per heavy atom. The van der Waals surface area contributed by atoms with Gasteiger partial charge in [0.05, 0.1) is 17.3 Å². The molecule has 114 valence electrons. The van der Waals surface area contributed by atoms with Crippen molar-refractivity contribution in [3.8, 4) is 5.75 Å². The van der Waals surface area contributed by atoms with Crippen LogP contribution in [-0.2, 0) is 9.31 Å².